The second-order valence-corrected chi connectivity index (χ2v) is 6.36. The summed E-state index contributed by atoms with van der Waals surface area (Å²) in [6.45, 7) is 5.23. The molecule has 0 bridgehead atoms. The van der Waals surface area contributed by atoms with Gasteiger partial charge in [-0.1, -0.05) is 37.2 Å². The summed E-state index contributed by atoms with van der Waals surface area (Å²) in [6.07, 6.45) is 5.07. The number of amidine groups is 1. The number of nitrogens with two attached hydrogens (primary N) is 1. The Morgan fingerprint density at radius 1 is 1.40 bits per heavy atom. The van der Waals surface area contributed by atoms with E-state index in [4.69, 9.17) is 15.7 Å². The molecular formula is C16H24N2O2. The van der Waals surface area contributed by atoms with Crippen LogP contribution in [0.4, 0.5) is 0 Å². The van der Waals surface area contributed by atoms with Crippen molar-refractivity contribution in [1.29, 1.82) is 0 Å². The lowest BCUT2D eigenvalue weighted by Crippen LogP contribution is -2.26. The van der Waals surface area contributed by atoms with Crippen LogP contribution in [0.5, 0.6) is 0 Å². The Bertz CT molecular complexity index is 473. The molecule has 110 valence electrons. The van der Waals surface area contributed by atoms with Crippen molar-refractivity contribution >= 4 is 5.84 Å². The molecule has 0 amide bonds. The number of ether oxygens (including phenoxy) is 1. The van der Waals surface area contributed by atoms with E-state index in [1.54, 1.807) is 0 Å². The first-order valence-corrected chi connectivity index (χ1v) is 7.19. The second kappa shape index (κ2) is 6.27. The van der Waals surface area contributed by atoms with Crippen LogP contribution in [-0.2, 0) is 11.3 Å². The van der Waals surface area contributed by atoms with Gasteiger partial charge in [0.25, 0.3) is 0 Å². The zero-order valence-electron chi connectivity index (χ0n) is 12.3. The van der Waals surface area contributed by atoms with Gasteiger partial charge in [0, 0.05) is 5.56 Å². The second-order valence-electron chi connectivity index (χ2n) is 6.36. The molecule has 3 N–H and O–H groups in total. The van der Waals surface area contributed by atoms with Gasteiger partial charge in [0.1, 0.15) is 0 Å². The van der Waals surface area contributed by atoms with E-state index in [0.717, 1.165) is 24.0 Å². The van der Waals surface area contributed by atoms with Crippen molar-refractivity contribution < 1.29 is 9.94 Å². The smallest absolute Gasteiger partial charge is 0.170 e. The molecule has 0 saturated heterocycles. The first-order chi connectivity index (χ1) is 9.50. The Hall–Kier alpha value is -1.55. The maximum absolute atomic E-state index is 8.69. The van der Waals surface area contributed by atoms with Crippen molar-refractivity contribution in [1.82, 2.24) is 0 Å². The van der Waals surface area contributed by atoms with Gasteiger partial charge in [-0.05, 0) is 42.7 Å². The molecule has 0 unspecified atom stereocenters. The molecule has 2 rings (SSSR count). The van der Waals surface area contributed by atoms with Crippen LogP contribution in [0.3, 0.4) is 0 Å². The lowest BCUT2D eigenvalue weighted by atomic mass is 9.76. The maximum atomic E-state index is 8.69. The number of hydrogen-bond acceptors (Lipinski definition) is 3. The third-order valence-corrected chi connectivity index (χ3v) is 4.10. The van der Waals surface area contributed by atoms with Crippen LogP contribution in [0.1, 0.15) is 50.7 Å². The molecule has 0 aliphatic heterocycles. The minimum atomic E-state index is 0.131. The largest absolute Gasteiger partial charge is 0.409 e. The van der Waals surface area contributed by atoms with Crippen molar-refractivity contribution in [3.05, 3.63) is 35.4 Å². The van der Waals surface area contributed by atoms with Gasteiger partial charge in [0.15, 0.2) is 5.84 Å². The fourth-order valence-corrected chi connectivity index (χ4v) is 2.63. The maximum Gasteiger partial charge on any atom is 0.170 e. The average Bonchev–Trinajstić information content (AvgIpc) is 2.45. The van der Waals surface area contributed by atoms with Gasteiger partial charge in [-0.2, -0.15) is 0 Å². The van der Waals surface area contributed by atoms with Gasteiger partial charge in [-0.15, -0.1) is 0 Å². The monoisotopic (exact) mass is 276 g/mol. The predicted molar refractivity (Wildman–Crippen MR) is 79.8 cm³/mol. The first kappa shape index (κ1) is 14.9. The molecule has 1 aliphatic carbocycles. The van der Waals surface area contributed by atoms with Gasteiger partial charge in [-0.25, -0.2) is 0 Å². The van der Waals surface area contributed by atoms with E-state index >= 15 is 0 Å². The normalized spacial score (nSPS) is 20.0. The highest BCUT2D eigenvalue weighted by Crippen LogP contribution is 2.36. The summed E-state index contributed by atoms with van der Waals surface area (Å²) in [6, 6.07) is 7.63. The molecular weight excluding hydrogens is 252 g/mol. The van der Waals surface area contributed by atoms with Crippen LogP contribution in [0, 0.1) is 5.41 Å². The van der Waals surface area contributed by atoms with Crippen LogP contribution >= 0.6 is 0 Å². The summed E-state index contributed by atoms with van der Waals surface area (Å²) in [5, 5.41) is 11.7. The molecule has 4 nitrogen and oxygen atoms in total. The van der Waals surface area contributed by atoms with Crippen molar-refractivity contribution in [3.63, 3.8) is 0 Å². The highest BCUT2D eigenvalue weighted by atomic mass is 16.5. The Morgan fingerprint density at radius 3 is 2.75 bits per heavy atom. The molecule has 0 atom stereocenters. The lowest BCUT2D eigenvalue weighted by molar-refractivity contribution is -0.00558. The summed E-state index contributed by atoms with van der Waals surface area (Å²) in [7, 11) is 0. The molecule has 1 aromatic carbocycles. The summed E-state index contributed by atoms with van der Waals surface area (Å²) in [5.74, 6) is 0.131. The summed E-state index contributed by atoms with van der Waals surface area (Å²) >= 11 is 0. The molecule has 0 radical (unpaired) electrons. The van der Waals surface area contributed by atoms with Gasteiger partial charge < -0.3 is 15.7 Å². The van der Waals surface area contributed by atoms with E-state index in [1.165, 1.54) is 12.8 Å². The molecule has 1 fully saturated rings. The highest BCUT2D eigenvalue weighted by Gasteiger charge is 2.27. The van der Waals surface area contributed by atoms with Crippen LogP contribution in [0.25, 0.3) is 0 Å². The molecule has 0 spiro atoms. The zero-order valence-corrected chi connectivity index (χ0v) is 12.3. The summed E-state index contributed by atoms with van der Waals surface area (Å²) in [5.41, 5.74) is 7.83. The minimum Gasteiger partial charge on any atom is -0.409 e. The fraction of sp³-hybridized carbons (Fsp3) is 0.562. The molecule has 0 aromatic heterocycles. The van der Waals surface area contributed by atoms with Crippen LogP contribution < -0.4 is 5.73 Å². The average molecular weight is 276 g/mol. The Morgan fingerprint density at radius 2 is 2.10 bits per heavy atom. The molecule has 20 heavy (non-hydrogen) atoms. The molecule has 1 aromatic rings. The van der Waals surface area contributed by atoms with Crippen LogP contribution in [0.2, 0.25) is 0 Å². The van der Waals surface area contributed by atoms with Crippen molar-refractivity contribution in [2.75, 3.05) is 0 Å². The van der Waals surface area contributed by atoms with Crippen molar-refractivity contribution in [3.8, 4) is 0 Å². The van der Waals surface area contributed by atoms with Crippen molar-refractivity contribution in [2.45, 2.75) is 52.2 Å². The third kappa shape index (κ3) is 3.97. The number of hydrogen-bond donors (Lipinski definition) is 2. The van der Waals surface area contributed by atoms with E-state index in [9.17, 15) is 0 Å². The molecule has 1 aliphatic rings. The number of rotatable bonds is 4. The third-order valence-electron chi connectivity index (χ3n) is 4.10. The quantitative estimate of drug-likeness (QED) is 0.384. The standard InChI is InChI=1S/C16H24N2O2/c1-16(2)8-6-14(7-9-16)20-11-12-4-3-5-13(10-12)15(17)18-19/h3-5,10,14,19H,6-9,11H2,1-2H3,(H2,17,18). The van der Waals surface area contributed by atoms with Gasteiger partial charge in [0.05, 0.1) is 12.7 Å². The SMILES string of the molecule is CC1(C)CCC(OCc2cccc(/C(N)=N/O)c2)CC1. The summed E-state index contributed by atoms with van der Waals surface area (Å²) < 4.78 is 5.99. The van der Waals surface area contributed by atoms with E-state index in [2.05, 4.69) is 19.0 Å². The van der Waals surface area contributed by atoms with E-state index in [1.807, 2.05) is 24.3 Å². The van der Waals surface area contributed by atoms with Crippen molar-refractivity contribution in [2.24, 2.45) is 16.3 Å². The van der Waals surface area contributed by atoms with Crippen LogP contribution in [-0.4, -0.2) is 17.1 Å². The lowest BCUT2D eigenvalue weighted by Gasteiger charge is -2.34. The molecule has 0 heterocycles. The van der Waals surface area contributed by atoms with Gasteiger partial charge in [-0.3, -0.25) is 0 Å². The number of nitrogens with zero attached hydrogens (tertiary/aromatic N) is 1. The number of oxime groups is 1. The molecule has 1 saturated carbocycles. The Kier molecular flexibility index (Phi) is 4.65. The highest BCUT2D eigenvalue weighted by molar-refractivity contribution is 5.97. The first-order valence-electron chi connectivity index (χ1n) is 7.19. The predicted octanol–water partition coefficient (Wildman–Crippen LogP) is 3.27. The van der Waals surface area contributed by atoms with E-state index in [-0.39, 0.29) is 5.84 Å². The Balaban J connectivity index is 1.88. The van der Waals surface area contributed by atoms with E-state index in [0.29, 0.717) is 18.1 Å². The topological polar surface area (TPSA) is 67.8 Å². The van der Waals surface area contributed by atoms with Gasteiger partial charge >= 0.3 is 0 Å². The minimum absolute atomic E-state index is 0.131. The van der Waals surface area contributed by atoms with Crippen LogP contribution in [0.15, 0.2) is 29.4 Å². The zero-order chi connectivity index (χ0) is 14.6. The Labute approximate surface area is 120 Å². The van der Waals surface area contributed by atoms with E-state index < -0.39 is 0 Å². The number of benzene rings is 1. The fourth-order valence-electron chi connectivity index (χ4n) is 2.63. The molecule has 4 heteroatoms. The summed E-state index contributed by atoms with van der Waals surface area (Å²) in [4.78, 5) is 0. The van der Waals surface area contributed by atoms with Gasteiger partial charge in [0.2, 0.25) is 0 Å².